The van der Waals surface area contributed by atoms with Crippen LogP contribution in [-0.2, 0) is 6.42 Å². The fourth-order valence-electron chi connectivity index (χ4n) is 3.70. The Labute approximate surface area is 158 Å². The number of aromatic nitrogens is 3. The van der Waals surface area contributed by atoms with Gasteiger partial charge in [0.2, 0.25) is 11.7 Å². The molecule has 0 amide bonds. The summed E-state index contributed by atoms with van der Waals surface area (Å²) in [5.74, 6) is 1.96. The van der Waals surface area contributed by atoms with Gasteiger partial charge in [0.05, 0.1) is 0 Å². The number of pyridine rings is 1. The van der Waals surface area contributed by atoms with Crippen molar-refractivity contribution in [3.8, 4) is 11.4 Å². The Morgan fingerprint density at radius 3 is 2.85 bits per heavy atom. The molecular weight excluding hydrogens is 338 g/mol. The number of fused-ring (bicyclic) bond motifs is 1. The monoisotopic (exact) mass is 361 g/mol. The summed E-state index contributed by atoms with van der Waals surface area (Å²) in [5.41, 5.74) is 5.15. The van der Waals surface area contributed by atoms with E-state index in [2.05, 4.69) is 27.3 Å². The van der Waals surface area contributed by atoms with Gasteiger partial charge in [-0.15, -0.1) is 0 Å². The molecule has 138 valence electrons. The van der Waals surface area contributed by atoms with Crippen molar-refractivity contribution >= 4 is 5.78 Å². The quantitative estimate of drug-likeness (QED) is 0.607. The molecule has 1 aliphatic rings. The second kappa shape index (κ2) is 7.06. The summed E-state index contributed by atoms with van der Waals surface area (Å²) in [6.07, 6.45) is 4.22. The fourth-order valence-corrected chi connectivity index (χ4v) is 3.70. The van der Waals surface area contributed by atoms with Crippen LogP contribution in [0.3, 0.4) is 0 Å². The third-order valence-electron chi connectivity index (χ3n) is 5.19. The van der Waals surface area contributed by atoms with Crippen LogP contribution in [0.25, 0.3) is 11.4 Å². The highest BCUT2D eigenvalue weighted by molar-refractivity contribution is 5.96. The van der Waals surface area contributed by atoms with Gasteiger partial charge in [0.25, 0.3) is 0 Å². The predicted octanol–water partition coefficient (Wildman–Crippen LogP) is 4.87. The highest BCUT2D eigenvalue weighted by Crippen LogP contribution is 2.38. The molecule has 0 radical (unpaired) electrons. The Morgan fingerprint density at radius 2 is 2.11 bits per heavy atom. The molecule has 1 atom stereocenters. The van der Waals surface area contributed by atoms with E-state index in [1.165, 1.54) is 11.1 Å². The molecule has 27 heavy (non-hydrogen) atoms. The van der Waals surface area contributed by atoms with Gasteiger partial charge in [-0.2, -0.15) is 4.98 Å². The van der Waals surface area contributed by atoms with E-state index in [-0.39, 0.29) is 17.6 Å². The van der Waals surface area contributed by atoms with Gasteiger partial charge in [-0.3, -0.25) is 9.78 Å². The molecule has 2 heterocycles. The molecule has 0 N–H and O–H groups in total. The lowest BCUT2D eigenvalue weighted by Crippen LogP contribution is -2.06. The standard InChI is InChI=1S/C22H23N3O2/c1-13(2)22-24-21(25-27-22)18-6-7-19-15(11-18)4-5-16(19)12-20(26)17-8-9-23-14(3)10-17/h6-11,13,16H,4-5,12H2,1-3H3/t16-/m0/s1. The molecule has 5 nitrogen and oxygen atoms in total. The van der Waals surface area contributed by atoms with Crippen molar-refractivity contribution in [2.45, 2.75) is 51.9 Å². The number of rotatable bonds is 5. The summed E-state index contributed by atoms with van der Waals surface area (Å²) in [4.78, 5) is 21.3. The first-order chi connectivity index (χ1) is 13.0. The van der Waals surface area contributed by atoms with Gasteiger partial charge in [0.15, 0.2) is 5.78 Å². The molecule has 1 aliphatic carbocycles. The maximum Gasteiger partial charge on any atom is 0.229 e. The van der Waals surface area contributed by atoms with Crippen molar-refractivity contribution in [1.29, 1.82) is 0 Å². The molecule has 0 saturated carbocycles. The summed E-state index contributed by atoms with van der Waals surface area (Å²) in [6.45, 7) is 5.98. The van der Waals surface area contributed by atoms with E-state index in [1.807, 2.05) is 32.9 Å². The van der Waals surface area contributed by atoms with Crippen LogP contribution in [0.2, 0.25) is 0 Å². The van der Waals surface area contributed by atoms with Crippen molar-refractivity contribution in [3.63, 3.8) is 0 Å². The number of benzene rings is 1. The molecule has 1 aromatic carbocycles. The molecule has 5 heteroatoms. The zero-order valence-electron chi connectivity index (χ0n) is 15.9. The Morgan fingerprint density at radius 1 is 1.26 bits per heavy atom. The maximum atomic E-state index is 12.7. The third-order valence-corrected chi connectivity index (χ3v) is 5.19. The van der Waals surface area contributed by atoms with Gasteiger partial charge in [0.1, 0.15) is 0 Å². The topological polar surface area (TPSA) is 68.9 Å². The van der Waals surface area contributed by atoms with Crippen molar-refractivity contribution in [3.05, 3.63) is 64.8 Å². The van der Waals surface area contributed by atoms with Crippen LogP contribution in [0.1, 0.15) is 71.6 Å². The minimum absolute atomic E-state index is 0.183. The van der Waals surface area contributed by atoms with Crippen LogP contribution < -0.4 is 0 Å². The Balaban J connectivity index is 1.53. The van der Waals surface area contributed by atoms with Gasteiger partial charge in [-0.1, -0.05) is 31.1 Å². The van der Waals surface area contributed by atoms with Crippen LogP contribution in [0.4, 0.5) is 0 Å². The van der Waals surface area contributed by atoms with Gasteiger partial charge >= 0.3 is 0 Å². The first-order valence-corrected chi connectivity index (χ1v) is 9.44. The van der Waals surface area contributed by atoms with Crippen molar-refractivity contribution in [2.75, 3.05) is 0 Å². The second-order valence-corrected chi connectivity index (χ2v) is 7.57. The lowest BCUT2D eigenvalue weighted by atomic mass is 9.92. The van der Waals surface area contributed by atoms with Gasteiger partial charge in [0, 0.05) is 35.4 Å². The van der Waals surface area contributed by atoms with Gasteiger partial charge < -0.3 is 4.52 Å². The minimum Gasteiger partial charge on any atom is -0.339 e. The lowest BCUT2D eigenvalue weighted by Gasteiger charge is -2.11. The van der Waals surface area contributed by atoms with Crippen molar-refractivity contribution < 1.29 is 9.32 Å². The number of ketones is 1. The molecular formula is C22H23N3O2. The molecule has 0 saturated heterocycles. The summed E-state index contributed by atoms with van der Waals surface area (Å²) < 4.78 is 5.32. The summed E-state index contributed by atoms with van der Waals surface area (Å²) >= 11 is 0. The van der Waals surface area contributed by atoms with Crippen molar-refractivity contribution in [2.24, 2.45) is 0 Å². The molecule has 2 aromatic heterocycles. The van der Waals surface area contributed by atoms with Gasteiger partial charge in [-0.25, -0.2) is 0 Å². The zero-order chi connectivity index (χ0) is 19.0. The molecule has 0 bridgehead atoms. The predicted molar refractivity (Wildman–Crippen MR) is 103 cm³/mol. The highest BCUT2D eigenvalue weighted by Gasteiger charge is 2.26. The highest BCUT2D eigenvalue weighted by atomic mass is 16.5. The second-order valence-electron chi connectivity index (χ2n) is 7.57. The van der Waals surface area contributed by atoms with E-state index in [9.17, 15) is 4.79 Å². The lowest BCUT2D eigenvalue weighted by molar-refractivity contribution is 0.0973. The molecule has 4 rings (SSSR count). The summed E-state index contributed by atoms with van der Waals surface area (Å²) in [7, 11) is 0. The number of nitrogens with zero attached hydrogens (tertiary/aromatic N) is 3. The van der Waals surface area contributed by atoms with Crippen LogP contribution in [0.15, 0.2) is 41.1 Å². The molecule has 0 aliphatic heterocycles. The summed E-state index contributed by atoms with van der Waals surface area (Å²) in [5, 5.41) is 4.10. The maximum absolute atomic E-state index is 12.7. The normalized spacial score (nSPS) is 15.9. The smallest absolute Gasteiger partial charge is 0.229 e. The van der Waals surface area contributed by atoms with E-state index < -0.39 is 0 Å². The van der Waals surface area contributed by atoms with Crippen LogP contribution in [0.5, 0.6) is 0 Å². The SMILES string of the molecule is Cc1cc(C(=O)C[C@@H]2CCc3cc(-c4noc(C(C)C)n4)ccc32)ccn1. The molecule has 0 unspecified atom stereocenters. The van der Waals surface area contributed by atoms with E-state index >= 15 is 0 Å². The number of hydrogen-bond acceptors (Lipinski definition) is 5. The fraction of sp³-hybridized carbons (Fsp3) is 0.364. The Kier molecular flexibility index (Phi) is 4.60. The number of Topliss-reactive ketones (excluding diaryl/α,β-unsaturated/α-hetero) is 1. The van der Waals surface area contributed by atoms with E-state index in [4.69, 9.17) is 4.52 Å². The largest absolute Gasteiger partial charge is 0.339 e. The minimum atomic E-state index is 0.183. The molecule has 0 spiro atoms. The molecule has 3 aromatic rings. The number of hydrogen-bond donors (Lipinski definition) is 0. The van der Waals surface area contributed by atoms with E-state index in [0.29, 0.717) is 18.1 Å². The van der Waals surface area contributed by atoms with Crippen LogP contribution >= 0.6 is 0 Å². The third kappa shape index (κ3) is 3.54. The molecule has 0 fully saturated rings. The van der Waals surface area contributed by atoms with E-state index in [1.54, 1.807) is 12.3 Å². The van der Waals surface area contributed by atoms with Crippen molar-refractivity contribution in [1.82, 2.24) is 15.1 Å². The average Bonchev–Trinajstić information content (AvgIpc) is 3.29. The Bertz CT molecular complexity index is 991. The van der Waals surface area contributed by atoms with Gasteiger partial charge in [-0.05, 0) is 55.0 Å². The van der Waals surface area contributed by atoms with Crippen LogP contribution in [0, 0.1) is 6.92 Å². The number of aryl methyl sites for hydroxylation is 2. The summed E-state index contributed by atoms with van der Waals surface area (Å²) in [6, 6.07) is 9.97. The number of carbonyl (C=O) groups is 1. The van der Waals surface area contributed by atoms with E-state index in [0.717, 1.165) is 29.7 Å². The number of carbonyl (C=O) groups excluding carboxylic acids is 1. The Hall–Kier alpha value is -2.82. The van der Waals surface area contributed by atoms with Crippen LogP contribution in [-0.4, -0.2) is 20.9 Å². The first-order valence-electron chi connectivity index (χ1n) is 9.44. The zero-order valence-corrected chi connectivity index (χ0v) is 15.9. The first kappa shape index (κ1) is 17.6. The average molecular weight is 361 g/mol.